The molecule has 1 aliphatic heterocycles. The first kappa shape index (κ1) is 15.4. The molecule has 0 bridgehead atoms. The van der Waals surface area contributed by atoms with Gasteiger partial charge in [0.2, 0.25) is 0 Å². The second-order valence-corrected chi connectivity index (χ2v) is 6.02. The lowest BCUT2D eigenvalue weighted by atomic mass is 10.0. The molecule has 4 rings (SSSR count). The molecule has 0 aromatic heterocycles. The topological polar surface area (TPSA) is 32.3 Å². The van der Waals surface area contributed by atoms with Crippen LogP contribution in [0.1, 0.15) is 22.0 Å². The number of carbonyl (C=O) groups is 1. The molecule has 0 aliphatic carbocycles. The van der Waals surface area contributed by atoms with Crippen molar-refractivity contribution in [3.05, 3.63) is 95.8 Å². The molecule has 1 amide bonds. The van der Waals surface area contributed by atoms with Gasteiger partial charge in [0.1, 0.15) is 5.82 Å². The highest BCUT2D eigenvalue weighted by Crippen LogP contribution is 2.36. The molecule has 0 saturated carbocycles. The first-order valence-electron chi connectivity index (χ1n) is 8.21. The standard InChI is InChI=1S/C21H17FN2O/c22-17-11-5-4-10-16(17)21(25)24-14-19(15-8-2-1-3-9-15)23-18-12-6-7-13-20(18)24/h1-13,19,23H,14H2. The van der Waals surface area contributed by atoms with Crippen molar-refractivity contribution in [1.29, 1.82) is 0 Å². The van der Waals surface area contributed by atoms with E-state index in [2.05, 4.69) is 5.32 Å². The molecule has 25 heavy (non-hydrogen) atoms. The number of halogens is 1. The van der Waals surface area contributed by atoms with Crippen molar-refractivity contribution in [3.63, 3.8) is 0 Å². The lowest BCUT2D eigenvalue weighted by Gasteiger charge is -2.36. The minimum Gasteiger partial charge on any atom is -0.375 e. The van der Waals surface area contributed by atoms with Gasteiger partial charge >= 0.3 is 0 Å². The minimum atomic E-state index is -0.500. The summed E-state index contributed by atoms with van der Waals surface area (Å²) in [6.07, 6.45) is 0. The fourth-order valence-corrected chi connectivity index (χ4v) is 3.19. The van der Waals surface area contributed by atoms with Crippen LogP contribution in [0.5, 0.6) is 0 Å². The molecule has 0 spiro atoms. The van der Waals surface area contributed by atoms with Crippen molar-refractivity contribution >= 4 is 17.3 Å². The van der Waals surface area contributed by atoms with E-state index in [4.69, 9.17) is 0 Å². The predicted octanol–water partition coefficient (Wildman–Crippen LogP) is 4.64. The largest absolute Gasteiger partial charge is 0.375 e. The first-order valence-corrected chi connectivity index (χ1v) is 8.21. The Morgan fingerprint density at radius 2 is 1.60 bits per heavy atom. The second kappa shape index (κ2) is 6.40. The van der Waals surface area contributed by atoms with Crippen molar-refractivity contribution in [2.24, 2.45) is 0 Å². The average molecular weight is 332 g/mol. The van der Waals surface area contributed by atoms with E-state index in [0.29, 0.717) is 6.54 Å². The summed E-state index contributed by atoms with van der Waals surface area (Å²) in [7, 11) is 0. The van der Waals surface area contributed by atoms with E-state index < -0.39 is 5.82 Å². The number of anilines is 2. The highest BCUT2D eigenvalue weighted by atomic mass is 19.1. The van der Waals surface area contributed by atoms with Gasteiger partial charge in [-0.3, -0.25) is 4.79 Å². The Hall–Kier alpha value is -3.14. The molecular weight excluding hydrogens is 315 g/mol. The molecule has 1 N–H and O–H groups in total. The molecule has 0 radical (unpaired) electrons. The summed E-state index contributed by atoms with van der Waals surface area (Å²) in [6, 6.07) is 23.6. The number of para-hydroxylation sites is 2. The van der Waals surface area contributed by atoms with Gasteiger partial charge in [-0.2, -0.15) is 0 Å². The van der Waals surface area contributed by atoms with Gasteiger partial charge in [0.25, 0.3) is 5.91 Å². The normalized spacial score (nSPS) is 16.0. The molecule has 3 aromatic rings. The van der Waals surface area contributed by atoms with Crippen LogP contribution in [0, 0.1) is 5.82 Å². The van der Waals surface area contributed by atoms with Gasteiger partial charge in [-0.1, -0.05) is 54.6 Å². The summed E-state index contributed by atoms with van der Waals surface area (Å²) in [5, 5.41) is 3.48. The van der Waals surface area contributed by atoms with Crippen LogP contribution in [0.15, 0.2) is 78.9 Å². The van der Waals surface area contributed by atoms with Crippen LogP contribution in [0.3, 0.4) is 0 Å². The Morgan fingerprint density at radius 1 is 0.920 bits per heavy atom. The number of carbonyl (C=O) groups excluding carboxylic acids is 1. The molecule has 124 valence electrons. The zero-order chi connectivity index (χ0) is 17.2. The Labute approximate surface area is 145 Å². The highest BCUT2D eigenvalue weighted by molar-refractivity contribution is 6.08. The van der Waals surface area contributed by atoms with Gasteiger partial charge in [0.05, 0.1) is 29.5 Å². The third-order valence-corrected chi connectivity index (χ3v) is 4.44. The minimum absolute atomic E-state index is 0.0492. The number of hydrogen-bond donors (Lipinski definition) is 1. The maximum absolute atomic E-state index is 14.1. The molecule has 1 aliphatic rings. The molecule has 1 atom stereocenters. The summed E-state index contributed by atoms with van der Waals surface area (Å²) in [5.74, 6) is -0.826. The lowest BCUT2D eigenvalue weighted by molar-refractivity contribution is 0.0981. The molecule has 0 fully saturated rings. The number of nitrogens with one attached hydrogen (secondary N) is 1. The molecule has 1 unspecified atom stereocenters. The molecule has 0 saturated heterocycles. The SMILES string of the molecule is O=C(c1ccccc1F)N1CC(c2ccccc2)Nc2ccccc21. The molecule has 4 heteroatoms. The highest BCUT2D eigenvalue weighted by Gasteiger charge is 2.30. The first-order chi connectivity index (χ1) is 12.2. The Bertz CT molecular complexity index is 911. The van der Waals surface area contributed by atoms with E-state index in [0.717, 1.165) is 16.9 Å². The van der Waals surface area contributed by atoms with E-state index in [1.165, 1.54) is 12.1 Å². The molecule has 1 heterocycles. The summed E-state index contributed by atoms with van der Waals surface area (Å²) in [5.41, 5.74) is 2.81. The average Bonchev–Trinajstić information content (AvgIpc) is 2.67. The van der Waals surface area contributed by atoms with Crippen LogP contribution in [-0.4, -0.2) is 12.5 Å². The lowest BCUT2D eigenvalue weighted by Crippen LogP contribution is -2.41. The van der Waals surface area contributed by atoms with Gasteiger partial charge in [-0.25, -0.2) is 4.39 Å². The van der Waals surface area contributed by atoms with E-state index in [-0.39, 0.29) is 17.5 Å². The van der Waals surface area contributed by atoms with Crippen molar-refractivity contribution in [2.45, 2.75) is 6.04 Å². The van der Waals surface area contributed by atoms with E-state index in [1.807, 2.05) is 54.6 Å². The van der Waals surface area contributed by atoms with E-state index in [1.54, 1.807) is 17.0 Å². The number of rotatable bonds is 2. The van der Waals surface area contributed by atoms with E-state index in [9.17, 15) is 9.18 Å². The van der Waals surface area contributed by atoms with Crippen molar-refractivity contribution in [3.8, 4) is 0 Å². The third kappa shape index (κ3) is 2.87. The molecular formula is C21H17FN2O. The van der Waals surface area contributed by atoms with Crippen molar-refractivity contribution in [2.75, 3.05) is 16.8 Å². The molecule has 3 nitrogen and oxygen atoms in total. The van der Waals surface area contributed by atoms with Crippen LogP contribution in [0.4, 0.5) is 15.8 Å². The fraction of sp³-hybridized carbons (Fsp3) is 0.0952. The number of benzene rings is 3. The number of amides is 1. The van der Waals surface area contributed by atoms with Gasteiger partial charge in [-0.15, -0.1) is 0 Å². The Morgan fingerprint density at radius 3 is 2.40 bits per heavy atom. The van der Waals surface area contributed by atoms with Crippen LogP contribution in [0.2, 0.25) is 0 Å². The van der Waals surface area contributed by atoms with Gasteiger partial charge in [0, 0.05) is 0 Å². The second-order valence-electron chi connectivity index (χ2n) is 6.02. The number of hydrogen-bond acceptors (Lipinski definition) is 2. The third-order valence-electron chi connectivity index (χ3n) is 4.44. The van der Waals surface area contributed by atoms with Gasteiger partial charge < -0.3 is 10.2 Å². The van der Waals surface area contributed by atoms with Crippen molar-refractivity contribution in [1.82, 2.24) is 0 Å². The maximum atomic E-state index is 14.1. The zero-order valence-electron chi connectivity index (χ0n) is 13.5. The quantitative estimate of drug-likeness (QED) is 0.741. The number of nitrogens with zero attached hydrogens (tertiary/aromatic N) is 1. The Balaban J connectivity index is 1.75. The van der Waals surface area contributed by atoms with Crippen LogP contribution in [-0.2, 0) is 0 Å². The fourth-order valence-electron chi connectivity index (χ4n) is 3.19. The summed E-state index contributed by atoms with van der Waals surface area (Å²) < 4.78 is 14.1. The summed E-state index contributed by atoms with van der Waals surface area (Å²) in [4.78, 5) is 14.7. The zero-order valence-corrected chi connectivity index (χ0v) is 13.5. The molecule has 3 aromatic carbocycles. The monoisotopic (exact) mass is 332 g/mol. The Kier molecular flexibility index (Phi) is 3.94. The van der Waals surface area contributed by atoms with Crippen LogP contribution < -0.4 is 10.2 Å². The van der Waals surface area contributed by atoms with E-state index >= 15 is 0 Å². The smallest absolute Gasteiger partial charge is 0.261 e. The van der Waals surface area contributed by atoms with Crippen LogP contribution in [0.25, 0.3) is 0 Å². The van der Waals surface area contributed by atoms with Crippen LogP contribution >= 0.6 is 0 Å². The predicted molar refractivity (Wildman–Crippen MR) is 97.3 cm³/mol. The van der Waals surface area contributed by atoms with Gasteiger partial charge in [0.15, 0.2) is 0 Å². The number of fused-ring (bicyclic) bond motifs is 1. The van der Waals surface area contributed by atoms with Gasteiger partial charge in [-0.05, 0) is 29.8 Å². The summed E-state index contributed by atoms with van der Waals surface area (Å²) >= 11 is 0. The van der Waals surface area contributed by atoms with Crippen molar-refractivity contribution < 1.29 is 9.18 Å². The summed E-state index contributed by atoms with van der Waals surface area (Å²) in [6.45, 7) is 0.439. The maximum Gasteiger partial charge on any atom is 0.261 e.